The Balaban J connectivity index is 1.96. The van der Waals surface area contributed by atoms with Crippen LogP contribution in [0.3, 0.4) is 0 Å². The maximum Gasteiger partial charge on any atom is 0.306 e. The summed E-state index contributed by atoms with van der Waals surface area (Å²) >= 11 is 0. The number of rotatable bonds is 21. The summed E-state index contributed by atoms with van der Waals surface area (Å²) in [7, 11) is 0. The van der Waals surface area contributed by atoms with Crippen molar-refractivity contribution in [3.63, 3.8) is 0 Å². The maximum atomic E-state index is 11.6. The molecule has 0 fully saturated rings. The standard InChI is InChI=1S/C27H47NO4/c1-2-3-4-5-6-7-8-9-10-11-12-13-14-21-28-25-18-15-24(16-19-25)17-20-27(31)32-23-26(30)22-29/h15-16,18-19,26,28-30H,2-14,17,20-23H2,1H3. The summed E-state index contributed by atoms with van der Waals surface area (Å²) in [6.45, 7) is 2.71. The molecule has 5 nitrogen and oxygen atoms in total. The molecule has 1 unspecified atom stereocenters. The Bertz CT molecular complexity index is 561. The second-order valence-corrected chi connectivity index (χ2v) is 8.89. The fraction of sp³-hybridized carbons (Fsp3) is 0.741. The van der Waals surface area contributed by atoms with Crippen molar-refractivity contribution in [2.24, 2.45) is 0 Å². The number of carbonyl (C=O) groups excluding carboxylic acids is 1. The van der Waals surface area contributed by atoms with Crippen molar-refractivity contribution >= 4 is 11.7 Å². The van der Waals surface area contributed by atoms with E-state index in [1.807, 2.05) is 12.1 Å². The van der Waals surface area contributed by atoms with Gasteiger partial charge in [0.25, 0.3) is 0 Å². The Hall–Kier alpha value is -1.59. The highest BCUT2D eigenvalue weighted by atomic mass is 16.5. The van der Waals surface area contributed by atoms with Gasteiger partial charge < -0.3 is 20.3 Å². The SMILES string of the molecule is CCCCCCCCCCCCCCCNc1ccc(CCC(=O)OCC(O)CO)cc1. The molecule has 184 valence electrons. The van der Waals surface area contributed by atoms with Crippen molar-refractivity contribution in [1.82, 2.24) is 0 Å². The molecule has 5 heteroatoms. The van der Waals surface area contributed by atoms with Crippen molar-refractivity contribution in [3.05, 3.63) is 29.8 Å². The van der Waals surface area contributed by atoms with Crippen LogP contribution in [0.2, 0.25) is 0 Å². The molecule has 1 aromatic rings. The molecule has 1 aromatic carbocycles. The van der Waals surface area contributed by atoms with E-state index in [0.29, 0.717) is 6.42 Å². The molecule has 0 spiro atoms. The van der Waals surface area contributed by atoms with Crippen LogP contribution in [0, 0.1) is 0 Å². The number of hydrogen-bond acceptors (Lipinski definition) is 5. The molecular weight excluding hydrogens is 402 g/mol. The first-order chi connectivity index (χ1) is 15.7. The average molecular weight is 450 g/mol. The van der Waals surface area contributed by atoms with Gasteiger partial charge >= 0.3 is 5.97 Å². The van der Waals surface area contributed by atoms with Gasteiger partial charge in [-0.2, -0.15) is 0 Å². The lowest BCUT2D eigenvalue weighted by Gasteiger charge is -2.09. The number of unbranched alkanes of at least 4 members (excludes halogenated alkanes) is 12. The summed E-state index contributed by atoms with van der Waals surface area (Å²) in [5.74, 6) is -0.359. The van der Waals surface area contributed by atoms with Gasteiger partial charge in [0.15, 0.2) is 0 Å². The number of benzene rings is 1. The van der Waals surface area contributed by atoms with Crippen LogP contribution in [0.25, 0.3) is 0 Å². The average Bonchev–Trinajstić information content (AvgIpc) is 2.82. The number of hydrogen-bond donors (Lipinski definition) is 3. The van der Waals surface area contributed by atoms with E-state index < -0.39 is 12.7 Å². The van der Waals surface area contributed by atoms with Gasteiger partial charge in [0, 0.05) is 18.7 Å². The van der Waals surface area contributed by atoms with E-state index in [-0.39, 0.29) is 19.0 Å². The van der Waals surface area contributed by atoms with Gasteiger partial charge in [-0.15, -0.1) is 0 Å². The molecular formula is C27H47NO4. The zero-order valence-corrected chi connectivity index (χ0v) is 20.3. The van der Waals surface area contributed by atoms with Gasteiger partial charge in [-0.05, 0) is 30.5 Å². The van der Waals surface area contributed by atoms with Crippen LogP contribution >= 0.6 is 0 Å². The quantitative estimate of drug-likeness (QED) is 0.158. The Labute approximate surface area is 196 Å². The number of aryl methyl sites for hydroxylation is 1. The van der Waals surface area contributed by atoms with Gasteiger partial charge in [-0.3, -0.25) is 4.79 Å². The molecule has 0 aliphatic carbocycles. The lowest BCUT2D eigenvalue weighted by Crippen LogP contribution is -2.22. The highest BCUT2D eigenvalue weighted by molar-refractivity contribution is 5.69. The van der Waals surface area contributed by atoms with Crippen molar-refractivity contribution in [1.29, 1.82) is 0 Å². The maximum absolute atomic E-state index is 11.6. The van der Waals surface area contributed by atoms with Crippen molar-refractivity contribution < 1.29 is 19.7 Å². The Morgan fingerprint density at radius 2 is 1.41 bits per heavy atom. The number of carbonyl (C=O) groups is 1. The third-order valence-electron chi connectivity index (χ3n) is 5.83. The molecule has 0 saturated carbocycles. The van der Waals surface area contributed by atoms with E-state index in [1.54, 1.807) is 0 Å². The summed E-state index contributed by atoms with van der Waals surface area (Å²) in [5, 5.41) is 21.4. The fourth-order valence-corrected chi connectivity index (χ4v) is 3.73. The molecule has 1 rings (SSSR count). The third kappa shape index (κ3) is 16.1. The number of aliphatic hydroxyl groups excluding tert-OH is 2. The van der Waals surface area contributed by atoms with Crippen LogP contribution < -0.4 is 5.32 Å². The molecule has 0 aliphatic heterocycles. The third-order valence-corrected chi connectivity index (χ3v) is 5.83. The first kappa shape index (κ1) is 28.4. The Kier molecular flexibility index (Phi) is 17.8. The smallest absolute Gasteiger partial charge is 0.306 e. The van der Waals surface area contributed by atoms with E-state index in [0.717, 1.165) is 17.8 Å². The predicted molar refractivity (Wildman–Crippen MR) is 133 cm³/mol. The molecule has 32 heavy (non-hydrogen) atoms. The van der Waals surface area contributed by atoms with E-state index in [9.17, 15) is 9.90 Å². The van der Waals surface area contributed by atoms with E-state index in [1.165, 1.54) is 83.5 Å². The van der Waals surface area contributed by atoms with Crippen LogP contribution in [0.5, 0.6) is 0 Å². The highest BCUT2D eigenvalue weighted by Gasteiger charge is 2.08. The molecule has 0 amide bonds. The molecule has 3 N–H and O–H groups in total. The molecule has 0 saturated heterocycles. The zero-order valence-electron chi connectivity index (χ0n) is 20.3. The van der Waals surface area contributed by atoms with Gasteiger partial charge in [0.1, 0.15) is 12.7 Å². The molecule has 1 atom stereocenters. The molecule has 0 bridgehead atoms. The normalized spacial score (nSPS) is 12.0. The minimum Gasteiger partial charge on any atom is -0.463 e. The summed E-state index contributed by atoms with van der Waals surface area (Å²) in [6.07, 6.45) is 17.7. The second-order valence-electron chi connectivity index (χ2n) is 8.89. The Morgan fingerprint density at radius 1 is 0.875 bits per heavy atom. The van der Waals surface area contributed by atoms with Gasteiger partial charge in [0.05, 0.1) is 6.61 Å². The van der Waals surface area contributed by atoms with E-state index >= 15 is 0 Å². The molecule has 0 radical (unpaired) electrons. The van der Waals surface area contributed by atoms with Crippen LogP contribution in [-0.4, -0.2) is 42.0 Å². The zero-order chi connectivity index (χ0) is 23.3. The van der Waals surface area contributed by atoms with Crippen molar-refractivity contribution in [2.45, 2.75) is 109 Å². The topological polar surface area (TPSA) is 78.8 Å². The summed E-state index contributed by atoms with van der Waals surface area (Å²) in [6, 6.07) is 8.17. The van der Waals surface area contributed by atoms with Crippen molar-refractivity contribution in [3.8, 4) is 0 Å². The predicted octanol–water partition coefficient (Wildman–Crippen LogP) is 6.02. The second kappa shape index (κ2) is 20.0. The van der Waals surface area contributed by atoms with Crippen LogP contribution in [0.15, 0.2) is 24.3 Å². The molecule has 0 heterocycles. The fourth-order valence-electron chi connectivity index (χ4n) is 3.73. The summed E-state index contributed by atoms with van der Waals surface area (Å²) in [5.41, 5.74) is 2.19. The number of ether oxygens (including phenoxy) is 1. The van der Waals surface area contributed by atoms with Crippen LogP contribution in [0.1, 0.15) is 102 Å². The number of anilines is 1. The van der Waals surface area contributed by atoms with Crippen LogP contribution in [0.4, 0.5) is 5.69 Å². The van der Waals surface area contributed by atoms with Gasteiger partial charge in [-0.25, -0.2) is 0 Å². The number of esters is 1. The van der Waals surface area contributed by atoms with E-state index in [4.69, 9.17) is 9.84 Å². The molecule has 0 aromatic heterocycles. The molecule has 0 aliphatic rings. The van der Waals surface area contributed by atoms with Gasteiger partial charge in [-0.1, -0.05) is 96.1 Å². The van der Waals surface area contributed by atoms with E-state index in [2.05, 4.69) is 24.4 Å². The highest BCUT2D eigenvalue weighted by Crippen LogP contribution is 2.14. The first-order valence-corrected chi connectivity index (χ1v) is 12.9. The van der Waals surface area contributed by atoms with Gasteiger partial charge in [0.2, 0.25) is 0 Å². The lowest BCUT2D eigenvalue weighted by atomic mass is 10.0. The minimum atomic E-state index is -1.00. The number of aliphatic hydroxyl groups is 2. The monoisotopic (exact) mass is 449 g/mol. The largest absolute Gasteiger partial charge is 0.463 e. The first-order valence-electron chi connectivity index (χ1n) is 12.9. The Morgan fingerprint density at radius 3 is 1.94 bits per heavy atom. The lowest BCUT2D eigenvalue weighted by molar-refractivity contribution is -0.147. The van der Waals surface area contributed by atoms with Crippen molar-refractivity contribution in [2.75, 3.05) is 25.1 Å². The summed E-state index contributed by atoms with van der Waals surface area (Å²) < 4.78 is 4.91. The minimum absolute atomic E-state index is 0.155. The summed E-state index contributed by atoms with van der Waals surface area (Å²) in [4.78, 5) is 11.6. The van der Waals surface area contributed by atoms with Crippen LogP contribution in [-0.2, 0) is 16.0 Å². The number of nitrogens with one attached hydrogen (secondary N) is 1.